The molecule has 0 N–H and O–H groups in total. The average Bonchev–Trinajstić information content (AvgIpc) is 3.27. The normalized spacial score (nSPS) is 11.0. The molecule has 0 saturated carbocycles. The third kappa shape index (κ3) is 2.95. The Bertz CT molecular complexity index is 1180. The van der Waals surface area contributed by atoms with Crippen LogP contribution < -0.4 is 0 Å². The van der Waals surface area contributed by atoms with E-state index in [1.54, 1.807) is 24.5 Å². The lowest BCUT2D eigenvalue weighted by atomic mass is 10.2. The zero-order valence-electron chi connectivity index (χ0n) is 14.5. The van der Waals surface area contributed by atoms with Gasteiger partial charge in [-0.05, 0) is 43.3 Å². The van der Waals surface area contributed by atoms with Gasteiger partial charge >= 0.3 is 0 Å². The molecule has 134 valence electrons. The molecule has 0 amide bonds. The van der Waals surface area contributed by atoms with E-state index in [1.807, 2.05) is 17.6 Å². The Morgan fingerprint density at radius 3 is 2.70 bits per heavy atom. The Morgan fingerprint density at radius 2 is 1.96 bits per heavy atom. The molecule has 2 aromatic carbocycles. The molecule has 0 atom stereocenters. The molecule has 7 heteroatoms. The van der Waals surface area contributed by atoms with Crippen LogP contribution in [-0.2, 0) is 13.1 Å². The Hall–Kier alpha value is -3.53. The average molecular weight is 363 g/mol. The zero-order valence-corrected chi connectivity index (χ0v) is 14.5. The minimum absolute atomic E-state index is 0.415. The summed E-state index contributed by atoms with van der Waals surface area (Å²) in [5, 5.41) is 9.09. The van der Waals surface area contributed by atoms with Gasteiger partial charge in [-0.1, -0.05) is 0 Å². The van der Waals surface area contributed by atoms with Crippen LogP contribution in [0.1, 0.15) is 18.3 Å². The van der Waals surface area contributed by atoms with Gasteiger partial charge in [-0.15, -0.1) is 0 Å². The Labute approximate surface area is 154 Å². The summed E-state index contributed by atoms with van der Waals surface area (Å²) in [5.74, 6) is -0.476. The summed E-state index contributed by atoms with van der Waals surface area (Å²) < 4.78 is 30.7. The van der Waals surface area contributed by atoms with E-state index in [-0.39, 0.29) is 0 Å². The van der Waals surface area contributed by atoms with Gasteiger partial charge in [-0.3, -0.25) is 0 Å². The molecule has 0 spiro atoms. The lowest BCUT2D eigenvalue weighted by Gasteiger charge is -2.10. The van der Waals surface area contributed by atoms with E-state index >= 15 is 0 Å². The van der Waals surface area contributed by atoms with Crippen molar-refractivity contribution in [1.82, 2.24) is 19.1 Å². The van der Waals surface area contributed by atoms with Crippen molar-refractivity contribution in [1.29, 1.82) is 5.26 Å². The van der Waals surface area contributed by atoms with Gasteiger partial charge in [0.1, 0.15) is 11.6 Å². The maximum Gasteiger partial charge on any atom is 0.159 e. The van der Waals surface area contributed by atoms with Crippen LogP contribution in [0.4, 0.5) is 8.78 Å². The first-order chi connectivity index (χ1) is 13.1. The van der Waals surface area contributed by atoms with E-state index in [2.05, 4.69) is 20.6 Å². The maximum atomic E-state index is 13.6. The summed E-state index contributed by atoms with van der Waals surface area (Å²) in [7, 11) is 0. The molecule has 2 aromatic heterocycles. The quantitative estimate of drug-likeness (QED) is 0.548. The second kappa shape index (κ2) is 6.65. The molecule has 27 heavy (non-hydrogen) atoms. The second-order valence-electron chi connectivity index (χ2n) is 6.10. The SMILES string of the molecule is CCn1c(Cn2ccnc2-c2ccc(F)c(F)c2)nc2cc(C#N)ccc21. The van der Waals surface area contributed by atoms with Crippen LogP contribution in [0, 0.1) is 23.0 Å². The summed E-state index contributed by atoms with van der Waals surface area (Å²) in [5.41, 5.74) is 2.74. The van der Waals surface area contributed by atoms with Crippen LogP contribution in [0.3, 0.4) is 0 Å². The molecule has 4 rings (SSSR count). The molecule has 0 fully saturated rings. The molecule has 5 nitrogen and oxygen atoms in total. The topological polar surface area (TPSA) is 59.4 Å². The largest absolute Gasteiger partial charge is 0.327 e. The van der Waals surface area contributed by atoms with E-state index in [0.717, 1.165) is 29.0 Å². The van der Waals surface area contributed by atoms with Gasteiger partial charge in [0.25, 0.3) is 0 Å². The zero-order chi connectivity index (χ0) is 19.0. The van der Waals surface area contributed by atoms with Crippen LogP contribution in [0.5, 0.6) is 0 Å². The highest BCUT2D eigenvalue weighted by atomic mass is 19.2. The molecule has 2 heterocycles. The van der Waals surface area contributed by atoms with E-state index < -0.39 is 11.6 Å². The van der Waals surface area contributed by atoms with E-state index in [0.29, 0.717) is 30.0 Å². The van der Waals surface area contributed by atoms with Gasteiger partial charge in [-0.25, -0.2) is 18.7 Å². The molecule has 0 radical (unpaired) electrons. The van der Waals surface area contributed by atoms with Crippen molar-refractivity contribution < 1.29 is 8.78 Å². The number of aromatic nitrogens is 4. The van der Waals surface area contributed by atoms with Gasteiger partial charge < -0.3 is 9.13 Å². The molecular formula is C20H15F2N5. The molecule has 0 unspecified atom stereocenters. The summed E-state index contributed by atoms with van der Waals surface area (Å²) in [6.07, 6.45) is 3.39. The highest BCUT2D eigenvalue weighted by Crippen LogP contribution is 2.23. The number of halogens is 2. The van der Waals surface area contributed by atoms with Crippen molar-refractivity contribution in [2.24, 2.45) is 0 Å². The summed E-state index contributed by atoms with van der Waals surface area (Å²) in [4.78, 5) is 8.95. The molecule has 0 bridgehead atoms. The predicted molar refractivity (Wildman–Crippen MR) is 96.8 cm³/mol. The Kier molecular flexibility index (Phi) is 4.16. The number of hydrogen-bond donors (Lipinski definition) is 0. The molecule has 0 aliphatic heterocycles. The minimum atomic E-state index is -0.910. The standard InChI is InChI=1S/C20H15F2N5/c1-2-27-18-6-3-13(11-23)9-17(18)25-19(27)12-26-8-7-24-20(26)14-4-5-15(21)16(22)10-14/h3-10H,2,12H2,1H3. The van der Waals surface area contributed by atoms with E-state index in [1.165, 1.54) is 6.07 Å². The first-order valence-corrected chi connectivity index (χ1v) is 8.46. The number of nitriles is 1. The fraction of sp³-hybridized carbons (Fsp3) is 0.150. The highest BCUT2D eigenvalue weighted by molar-refractivity contribution is 5.77. The highest BCUT2D eigenvalue weighted by Gasteiger charge is 2.14. The van der Waals surface area contributed by atoms with Gasteiger partial charge in [0.2, 0.25) is 0 Å². The molecule has 0 saturated heterocycles. The summed E-state index contributed by atoms with van der Waals surface area (Å²) >= 11 is 0. The van der Waals surface area contributed by atoms with Crippen molar-refractivity contribution in [2.75, 3.05) is 0 Å². The number of aryl methyl sites for hydroxylation is 1. The van der Waals surface area contributed by atoms with Crippen molar-refractivity contribution >= 4 is 11.0 Å². The molecular weight excluding hydrogens is 348 g/mol. The Morgan fingerprint density at radius 1 is 1.11 bits per heavy atom. The van der Waals surface area contributed by atoms with Crippen LogP contribution in [0.25, 0.3) is 22.4 Å². The first-order valence-electron chi connectivity index (χ1n) is 8.46. The predicted octanol–water partition coefficient (Wildman–Crippen LogP) is 4.12. The number of rotatable bonds is 4. The van der Waals surface area contributed by atoms with Crippen LogP contribution in [0.2, 0.25) is 0 Å². The minimum Gasteiger partial charge on any atom is -0.327 e. The van der Waals surface area contributed by atoms with Gasteiger partial charge in [0, 0.05) is 24.5 Å². The second-order valence-corrected chi connectivity index (χ2v) is 6.10. The van der Waals surface area contributed by atoms with E-state index in [9.17, 15) is 8.78 Å². The van der Waals surface area contributed by atoms with Crippen molar-refractivity contribution in [3.05, 3.63) is 71.8 Å². The van der Waals surface area contributed by atoms with Crippen LogP contribution in [0.15, 0.2) is 48.8 Å². The number of nitrogens with zero attached hydrogens (tertiary/aromatic N) is 5. The molecule has 0 aliphatic carbocycles. The third-order valence-electron chi connectivity index (χ3n) is 4.48. The summed E-state index contributed by atoms with van der Waals surface area (Å²) in [6.45, 7) is 3.15. The first kappa shape index (κ1) is 16.9. The number of fused-ring (bicyclic) bond motifs is 1. The van der Waals surface area contributed by atoms with Crippen molar-refractivity contribution in [2.45, 2.75) is 20.0 Å². The smallest absolute Gasteiger partial charge is 0.159 e. The van der Waals surface area contributed by atoms with Crippen molar-refractivity contribution in [3.8, 4) is 17.5 Å². The molecule has 4 aromatic rings. The lowest BCUT2D eigenvalue weighted by Crippen LogP contribution is -2.08. The van der Waals surface area contributed by atoms with Crippen LogP contribution >= 0.6 is 0 Å². The fourth-order valence-corrected chi connectivity index (χ4v) is 3.21. The van der Waals surface area contributed by atoms with Crippen molar-refractivity contribution in [3.63, 3.8) is 0 Å². The maximum absolute atomic E-state index is 13.6. The monoisotopic (exact) mass is 363 g/mol. The summed E-state index contributed by atoms with van der Waals surface area (Å²) in [6, 6.07) is 11.3. The fourth-order valence-electron chi connectivity index (χ4n) is 3.21. The molecule has 0 aliphatic rings. The number of hydrogen-bond acceptors (Lipinski definition) is 3. The number of imidazole rings is 2. The third-order valence-corrected chi connectivity index (χ3v) is 4.48. The lowest BCUT2D eigenvalue weighted by molar-refractivity contribution is 0.509. The van der Waals surface area contributed by atoms with Gasteiger partial charge in [0.15, 0.2) is 11.6 Å². The number of benzene rings is 2. The van der Waals surface area contributed by atoms with Gasteiger partial charge in [0.05, 0.1) is 29.2 Å². The Balaban J connectivity index is 1.76. The van der Waals surface area contributed by atoms with E-state index in [4.69, 9.17) is 5.26 Å². The van der Waals surface area contributed by atoms with Gasteiger partial charge in [-0.2, -0.15) is 5.26 Å². The van der Waals surface area contributed by atoms with Crippen LogP contribution in [-0.4, -0.2) is 19.1 Å².